The lowest BCUT2D eigenvalue weighted by Gasteiger charge is -2.45. The summed E-state index contributed by atoms with van der Waals surface area (Å²) in [6, 6.07) is 29.9. The minimum Gasteiger partial charge on any atom is -0.364 e. The van der Waals surface area contributed by atoms with E-state index in [1.165, 1.54) is 11.1 Å². The van der Waals surface area contributed by atoms with Crippen molar-refractivity contribution in [1.29, 1.82) is 0 Å². The van der Waals surface area contributed by atoms with Crippen LogP contribution in [0.15, 0.2) is 84.9 Å². The average molecular weight is 401 g/mol. The van der Waals surface area contributed by atoms with Crippen LogP contribution in [0.5, 0.6) is 0 Å². The molecule has 1 N–H and O–H groups in total. The summed E-state index contributed by atoms with van der Waals surface area (Å²) in [4.78, 5) is 11.2. The summed E-state index contributed by atoms with van der Waals surface area (Å²) in [7, 11) is 0. The van der Waals surface area contributed by atoms with E-state index in [4.69, 9.17) is 11.6 Å². The van der Waals surface area contributed by atoms with Gasteiger partial charge in [0.1, 0.15) is 5.82 Å². The molecule has 0 radical (unpaired) electrons. The van der Waals surface area contributed by atoms with Crippen LogP contribution < -0.4 is 5.32 Å². The Hall–Kier alpha value is -2.95. The summed E-state index contributed by atoms with van der Waals surface area (Å²) in [5, 5.41) is 4.84. The SMILES string of the molecule is Clc1nc(NC2CN(C(c3ccccc3)c3ccccc3)C2)c2ccccc2n1. The van der Waals surface area contributed by atoms with E-state index in [1.54, 1.807) is 0 Å². The quantitative estimate of drug-likeness (QED) is 0.469. The van der Waals surface area contributed by atoms with E-state index in [9.17, 15) is 0 Å². The van der Waals surface area contributed by atoms with Gasteiger partial charge in [-0.3, -0.25) is 4.90 Å². The lowest BCUT2D eigenvalue weighted by molar-refractivity contribution is 0.123. The van der Waals surface area contributed by atoms with Crippen LogP contribution in [0.4, 0.5) is 5.82 Å². The van der Waals surface area contributed by atoms with Crippen LogP contribution in [0.25, 0.3) is 10.9 Å². The van der Waals surface area contributed by atoms with Crippen molar-refractivity contribution in [2.45, 2.75) is 12.1 Å². The number of likely N-dealkylation sites (tertiary alicyclic amines) is 1. The van der Waals surface area contributed by atoms with Gasteiger partial charge in [-0.2, -0.15) is 0 Å². The highest BCUT2D eigenvalue weighted by molar-refractivity contribution is 6.28. The number of hydrogen-bond donors (Lipinski definition) is 1. The van der Waals surface area contributed by atoms with Crippen LogP contribution in [0.1, 0.15) is 17.2 Å². The number of nitrogens with one attached hydrogen (secondary N) is 1. The van der Waals surface area contributed by atoms with Crippen molar-refractivity contribution in [3.05, 3.63) is 101 Å². The van der Waals surface area contributed by atoms with Crippen molar-refractivity contribution in [3.8, 4) is 0 Å². The molecule has 1 aliphatic rings. The van der Waals surface area contributed by atoms with Gasteiger partial charge in [0.05, 0.1) is 17.6 Å². The second-order valence-electron chi connectivity index (χ2n) is 7.38. The number of rotatable bonds is 5. The molecule has 1 fully saturated rings. The molecule has 0 saturated carbocycles. The number of benzene rings is 3. The van der Waals surface area contributed by atoms with Crippen LogP contribution in [0.2, 0.25) is 5.28 Å². The van der Waals surface area contributed by atoms with Crippen molar-refractivity contribution in [3.63, 3.8) is 0 Å². The molecule has 2 heterocycles. The minimum atomic E-state index is 0.251. The standard InChI is InChI=1S/C24H21ClN4/c25-24-27-21-14-8-7-13-20(21)23(28-24)26-19-15-29(16-19)22(17-9-3-1-4-10-17)18-11-5-2-6-12-18/h1-14,19,22H,15-16H2,(H,26,27,28). The number of halogens is 1. The predicted molar refractivity (Wildman–Crippen MR) is 118 cm³/mol. The molecule has 5 rings (SSSR count). The second kappa shape index (κ2) is 7.82. The van der Waals surface area contributed by atoms with Gasteiger partial charge in [0.2, 0.25) is 5.28 Å². The molecule has 0 aliphatic carbocycles. The van der Waals surface area contributed by atoms with Gasteiger partial charge in [-0.1, -0.05) is 72.8 Å². The first kappa shape index (κ1) is 18.1. The van der Waals surface area contributed by atoms with Crippen molar-refractivity contribution in [2.75, 3.05) is 18.4 Å². The lowest BCUT2D eigenvalue weighted by atomic mass is 9.93. The van der Waals surface area contributed by atoms with E-state index in [-0.39, 0.29) is 11.3 Å². The number of nitrogens with zero attached hydrogens (tertiary/aromatic N) is 3. The Bertz CT molecular complexity index is 1070. The van der Waals surface area contributed by atoms with E-state index >= 15 is 0 Å². The largest absolute Gasteiger partial charge is 0.364 e. The van der Waals surface area contributed by atoms with Gasteiger partial charge >= 0.3 is 0 Å². The molecule has 1 aromatic heterocycles. The molecule has 0 spiro atoms. The zero-order valence-corrected chi connectivity index (χ0v) is 16.6. The molecule has 5 heteroatoms. The topological polar surface area (TPSA) is 41.1 Å². The van der Waals surface area contributed by atoms with E-state index in [2.05, 4.69) is 80.8 Å². The van der Waals surface area contributed by atoms with Gasteiger partial charge < -0.3 is 5.32 Å². The van der Waals surface area contributed by atoms with Crippen LogP contribution >= 0.6 is 11.6 Å². The highest BCUT2D eigenvalue weighted by atomic mass is 35.5. The maximum absolute atomic E-state index is 6.14. The molecular weight excluding hydrogens is 380 g/mol. The highest BCUT2D eigenvalue weighted by Gasteiger charge is 2.34. The summed E-state index contributed by atoms with van der Waals surface area (Å²) >= 11 is 6.14. The Morgan fingerprint density at radius 2 is 1.38 bits per heavy atom. The molecule has 29 heavy (non-hydrogen) atoms. The van der Waals surface area contributed by atoms with Crippen LogP contribution in [0, 0.1) is 0 Å². The van der Waals surface area contributed by atoms with Gasteiger partial charge in [0, 0.05) is 18.5 Å². The molecule has 0 bridgehead atoms. The van der Waals surface area contributed by atoms with Crippen molar-refractivity contribution >= 4 is 28.3 Å². The number of anilines is 1. The predicted octanol–water partition coefficient (Wildman–Crippen LogP) is 5.17. The average Bonchev–Trinajstić information content (AvgIpc) is 2.73. The Kier molecular flexibility index (Phi) is 4.88. The van der Waals surface area contributed by atoms with Gasteiger partial charge in [-0.25, -0.2) is 9.97 Å². The molecular formula is C24H21ClN4. The zero-order valence-electron chi connectivity index (χ0n) is 15.9. The number of fused-ring (bicyclic) bond motifs is 1. The summed E-state index contributed by atoms with van der Waals surface area (Å²) in [6.07, 6.45) is 0. The molecule has 0 amide bonds. The molecule has 1 saturated heterocycles. The summed E-state index contributed by atoms with van der Waals surface area (Å²) in [5.74, 6) is 0.807. The van der Waals surface area contributed by atoms with Gasteiger partial charge in [-0.05, 0) is 34.9 Å². The zero-order chi connectivity index (χ0) is 19.6. The third-order valence-electron chi connectivity index (χ3n) is 5.42. The Labute approximate surface area is 175 Å². The summed E-state index contributed by atoms with van der Waals surface area (Å²) in [6.45, 7) is 1.87. The minimum absolute atomic E-state index is 0.251. The number of hydrogen-bond acceptors (Lipinski definition) is 4. The van der Waals surface area contributed by atoms with Crippen molar-refractivity contribution in [1.82, 2.24) is 14.9 Å². The number of aromatic nitrogens is 2. The third-order valence-corrected chi connectivity index (χ3v) is 5.59. The lowest BCUT2D eigenvalue weighted by Crippen LogP contribution is -2.56. The van der Waals surface area contributed by atoms with Crippen molar-refractivity contribution < 1.29 is 0 Å². The molecule has 3 aromatic carbocycles. The van der Waals surface area contributed by atoms with Gasteiger partial charge in [0.25, 0.3) is 0 Å². The summed E-state index contributed by atoms with van der Waals surface area (Å²) in [5.41, 5.74) is 3.48. The van der Waals surface area contributed by atoms with Gasteiger partial charge in [0.15, 0.2) is 0 Å². The Balaban J connectivity index is 1.37. The highest BCUT2D eigenvalue weighted by Crippen LogP contribution is 2.33. The van der Waals surface area contributed by atoms with E-state index in [0.29, 0.717) is 6.04 Å². The molecule has 1 aliphatic heterocycles. The fourth-order valence-corrected chi connectivity index (χ4v) is 4.23. The number of para-hydroxylation sites is 1. The van der Waals surface area contributed by atoms with Crippen LogP contribution in [0.3, 0.4) is 0 Å². The van der Waals surface area contributed by atoms with Crippen molar-refractivity contribution in [2.24, 2.45) is 0 Å². The first-order valence-electron chi connectivity index (χ1n) is 9.81. The maximum atomic E-state index is 6.14. The normalized spacial score (nSPS) is 14.8. The maximum Gasteiger partial charge on any atom is 0.224 e. The summed E-state index contributed by atoms with van der Waals surface area (Å²) < 4.78 is 0. The molecule has 144 valence electrons. The van der Waals surface area contributed by atoms with E-state index < -0.39 is 0 Å². The fourth-order valence-electron chi connectivity index (χ4n) is 4.05. The van der Waals surface area contributed by atoms with Gasteiger partial charge in [-0.15, -0.1) is 0 Å². The molecule has 4 nitrogen and oxygen atoms in total. The molecule has 0 unspecified atom stereocenters. The molecule has 4 aromatic rings. The van der Waals surface area contributed by atoms with Crippen LogP contribution in [-0.2, 0) is 0 Å². The van der Waals surface area contributed by atoms with E-state index in [1.807, 2.05) is 24.3 Å². The first-order chi connectivity index (χ1) is 14.3. The molecule has 0 atom stereocenters. The second-order valence-corrected chi connectivity index (χ2v) is 7.72. The Morgan fingerprint density at radius 3 is 2.03 bits per heavy atom. The fraction of sp³-hybridized carbons (Fsp3) is 0.167. The smallest absolute Gasteiger partial charge is 0.224 e. The van der Waals surface area contributed by atoms with E-state index in [0.717, 1.165) is 29.8 Å². The third kappa shape index (κ3) is 3.69. The first-order valence-corrected chi connectivity index (χ1v) is 10.2. The monoisotopic (exact) mass is 400 g/mol. The Morgan fingerprint density at radius 1 is 0.793 bits per heavy atom. The van der Waals surface area contributed by atoms with Crippen LogP contribution in [-0.4, -0.2) is 34.0 Å².